The van der Waals surface area contributed by atoms with Gasteiger partial charge in [0.05, 0.1) is 6.42 Å². The lowest BCUT2D eigenvalue weighted by molar-refractivity contribution is -0.119. The van der Waals surface area contributed by atoms with Gasteiger partial charge in [0.15, 0.2) is 0 Å². The SMILES string of the molecule is CNC(=O)Cc1ccccc1NC(=O)N[C@@H]1CCCC[C@@H]1C. The summed E-state index contributed by atoms with van der Waals surface area (Å²) in [5, 5.41) is 8.54. The van der Waals surface area contributed by atoms with Gasteiger partial charge in [0.25, 0.3) is 0 Å². The number of carbonyl (C=O) groups excluding carboxylic acids is 2. The molecule has 1 aromatic rings. The van der Waals surface area contributed by atoms with Gasteiger partial charge in [-0.15, -0.1) is 0 Å². The molecule has 1 fully saturated rings. The van der Waals surface area contributed by atoms with Crippen LogP contribution >= 0.6 is 0 Å². The Hall–Kier alpha value is -2.04. The van der Waals surface area contributed by atoms with E-state index in [0.717, 1.165) is 18.4 Å². The van der Waals surface area contributed by atoms with E-state index in [4.69, 9.17) is 0 Å². The van der Waals surface area contributed by atoms with Crippen LogP contribution in [0.1, 0.15) is 38.2 Å². The van der Waals surface area contributed by atoms with Crippen LogP contribution in [0.3, 0.4) is 0 Å². The van der Waals surface area contributed by atoms with E-state index in [9.17, 15) is 9.59 Å². The number of hydrogen-bond acceptors (Lipinski definition) is 2. The highest BCUT2D eigenvalue weighted by Gasteiger charge is 2.23. The first-order valence-corrected chi connectivity index (χ1v) is 7.96. The number of benzene rings is 1. The molecule has 0 heterocycles. The summed E-state index contributed by atoms with van der Waals surface area (Å²) in [6.07, 6.45) is 4.87. The summed E-state index contributed by atoms with van der Waals surface area (Å²) in [5.41, 5.74) is 1.50. The Bertz CT molecular complexity index is 530. The minimum absolute atomic E-state index is 0.0736. The van der Waals surface area contributed by atoms with Gasteiger partial charge in [-0.25, -0.2) is 4.79 Å². The monoisotopic (exact) mass is 303 g/mol. The first-order valence-electron chi connectivity index (χ1n) is 7.96. The maximum absolute atomic E-state index is 12.2. The van der Waals surface area contributed by atoms with Crippen molar-refractivity contribution in [3.63, 3.8) is 0 Å². The molecule has 1 saturated carbocycles. The predicted octanol–water partition coefficient (Wildman–Crippen LogP) is 2.68. The smallest absolute Gasteiger partial charge is 0.319 e. The lowest BCUT2D eigenvalue weighted by Crippen LogP contribution is -2.43. The molecule has 2 rings (SSSR count). The molecule has 0 unspecified atom stereocenters. The number of carbonyl (C=O) groups is 2. The zero-order valence-corrected chi connectivity index (χ0v) is 13.3. The Morgan fingerprint density at radius 1 is 1.18 bits per heavy atom. The summed E-state index contributed by atoms with van der Waals surface area (Å²) in [6.45, 7) is 2.18. The molecular weight excluding hydrogens is 278 g/mol. The van der Waals surface area contributed by atoms with Crippen LogP contribution in [0.2, 0.25) is 0 Å². The molecule has 0 aromatic heterocycles. The fourth-order valence-corrected chi connectivity index (χ4v) is 2.92. The molecule has 0 saturated heterocycles. The van der Waals surface area contributed by atoms with Gasteiger partial charge in [0.1, 0.15) is 0 Å². The molecule has 0 radical (unpaired) electrons. The highest BCUT2D eigenvalue weighted by Crippen LogP contribution is 2.24. The minimum Gasteiger partial charge on any atom is -0.359 e. The van der Waals surface area contributed by atoms with Crippen LogP contribution in [-0.4, -0.2) is 25.0 Å². The van der Waals surface area contributed by atoms with Crippen LogP contribution in [0.25, 0.3) is 0 Å². The van der Waals surface area contributed by atoms with E-state index in [1.807, 2.05) is 24.3 Å². The van der Waals surface area contributed by atoms with E-state index < -0.39 is 0 Å². The van der Waals surface area contributed by atoms with Crippen molar-refractivity contribution >= 4 is 17.6 Å². The molecule has 5 heteroatoms. The summed E-state index contributed by atoms with van der Waals surface area (Å²) < 4.78 is 0. The van der Waals surface area contributed by atoms with Crippen molar-refractivity contribution in [2.75, 3.05) is 12.4 Å². The summed E-state index contributed by atoms with van der Waals surface area (Å²) >= 11 is 0. The maximum atomic E-state index is 12.2. The lowest BCUT2D eigenvalue weighted by atomic mass is 9.86. The quantitative estimate of drug-likeness (QED) is 0.800. The number of likely N-dealkylation sites (N-methyl/N-ethyl adjacent to an activating group) is 1. The molecular formula is C17H25N3O2. The Kier molecular flexibility index (Phi) is 5.81. The molecule has 120 valence electrons. The van der Waals surface area contributed by atoms with Crippen molar-refractivity contribution in [1.29, 1.82) is 0 Å². The molecule has 5 nitrogen and oxygen atoms in total. The molecule has 1 aromatic carbocycles. The number of urea groups is 1. The third-order valence-corrected chi connectivity index (χ3v) is 4.32. The standard InChI is InChI=1S/C17H25N3O2/c1-12-7-3-5-9-14(12)19-17(22)20-15-10-6-4-8-13(15)11-16(21)18-2/h4,6,8,10,12,14H,3,5,7,9,11H2,1-2H3,(H,18,21)(H2,19,20,22)/t12-,14+/m0/s1. The summed E-state index contributed by atoms with van der Waals surface area (Å²) in [7, 11) is 1.61. The van der Waals surface area contributed by atoms with E-state index in [1.165, 1.54) is 12.8 Å². The van der Waals surface area contributed by atoms with Crippen LogP contribution in [0.4, 0.5) is 10.5 Å². The van der Waals surface area contributed by atoms with E-state index in [0.29, 0.717) is 11.6 Å². The normalized spacial score (nSPS) is 21.0. The Balaban J connectivity index is 1.97. The number of para-hydroxylation sites is 1. The Morgan fingerprint density at radius 3 is 2.64 bits per heavy atom. The van der Waals surface area contributed by atoms with Crippen molar-refractivity contribution in [2.24, 2.45) is 5.92 Å². The molecule has 1 aliphatic carbocycles. The largest absolute Gasteiger partial charge is 0.359 e. The van der Waals surface area contributed by atoms with Crippen molar-refractivity contribution < 1.29 is 9.59 Å². The van der Waals surface area contributed by atoms with Gasteiger partial charge in [-0.2, -0.15) is 0 Å². The van der Waals surface area contributed by atoms with Gasteiger partial charge in [-0.1, -0.05) is 38.0 Å². The van der Waals surface area contributed by atoms with Crippen molar-refractivity contribution in [1.82, 2.24) is 10.6 Å². The molecule has 2 atom stereocenters. The molecule has 22 heavy (non-hydrogen) atoms. The van der Waals surface area contributed by atoms with Gasteiger partial charge in [-0.05, 0) is 30.4 Å². The topological polar surface area (TPSA) is 70.2 Å². The van der Waals surface area contributed by atoms with Crippen molar-refractivity contribution in [2.45, 2.75) is 45.1 Å². The number of nitrogens with one attached hydrogen (secondary N) is 3. The van der Waals surface area contributed by atoms with Gasteiger partial charge in [0, 0.05) is 18.8 Å². The van der Waals surface area contributed by atoms with E-state index >= 15 is 0 Å². The van der Waals surface area contributed by atoms with E-state index in [-0.39, 0.29) is 24.4 Å². The average Bonchev–Trinajstić information content (AvgIpc) is 2.51. The van der Waals surface area contributed by atoms with Crippen LogP contribution in [0.15, 0.2) is 24.3 Å². The Labute approximate surface area is 131 Å². The first kappa shape index (κ1) is 16.3. The van der Waals surface area contributed by atoms with Crippen LogP contribution < -0.4 is 16.0 Å². The second-order valence-corrected chi connectivity index (χ2v) is 5.97. The van der Waals surface area contributed by atoms with Gasteiger partial charge < -0.3 is 16.0 Å². The van der Waals surface area contributed by atoms with E-state index in [2.05, 4.69) is 22.9 Å². The minimum atomic E-state index is -0.192. The zero-order valence-electron chi connectivity index (χ0n) is 13.3. The zero-order chi connectivity index (χ0) is 15.9. The molecule has 0 bridgehead atoms. The lowest BCUT2D eigenvalue weighted by Gasteiger charge is -2.29. The second kappa shape index (κ2) is 7.82. The number of rotatable bonds is 4. The van der Waals surface area contributed by atoms with Crippen LogP contribution in [0, 0.1) is 5.92 Å². The molecule has 0 aliphatic heterocycles. The van der Waals surface area contributed by atoms with Gasteiger partial charge in [-0.3, -0.25) is 4.79 Å². The third-order valence-electron chi connectivity index (χ3n) is 4.32. The molecule has 0 spiro atoms. The maximum Gasteiger partial charge on any atom is 0.319 e. The first-order chi connectivity index (χ1) is 10.6. The highest BCUT2D eigenvalue weighted by atomic mass is 16.2. The van der Waals surface area contributed by atoms with Crippen molar-refractivity contribution in [3.8, 4) is 0 Å². The molecule has 3 amide bonds. The molecule has 1 aliphatic rings. The number of hydrogen-bond donors (Lipinski definition) is 3. The number of anilines is 1. The van der Waals surface area contributed by atoms with Gasteiger partial charge >= 0.3 is 6.03 Å². The average molecular weight is 303 g/mol. The summed E-state index contributed by atoms with van der Waals surface area (Å²) in [4.78, 5) is 23.8. The van der Waals surface area contributed by atoms with Gasteiger partial charge in [0.2, 0.25) is 5.91 Å². The second-order valence-electron chi connectivity index (χ2n) is 5.97. The summed E-state index contributed by atoms with van der Waals surface area (Å²) in [5.74, 6) is 0.441. The fourth-order valence-electron chi connectivity index (χ4n) is 2.92. The third kappa shape index (κ3) is 4.48. The van der Waals surface area contributed by atoms with Crippen LogP contribution in [-0.2, 0) is 11.2 Å². The Morgan fingerprint density at radius 2 is 1.91 bits per heavy atom. The van der Waals surface area contributed by atoms with Crippen LogP contribution in [0.5, 0.6) is 0 Å². The van der Waals surface area contributed by atoms with E-state index in [1.54, 1.807) is 7.05 Å². The summed E-state index contributed by atoms with van der Waals surface area (Å²) in [6, 6.07) is 7.44. The number of amides is 3. The highest BCUT2D eigenvalue weighted by molar-refractivity contribution is 5.91. The predicted molar refractivity (Wildman–Crippen MR) is 87.8 cm³/mol. The van der Waals surface area contributed by atoms with Crippen molar-refractivity contribution in [3.05, 3.63) is 29.8 Å². The molecule has 3 N–H and O–H groups in total. The fraction of sp³-hybridized carbons (Fsp3) is 0.529.